The molecule has 2 aromatic carbocycles. The average Bonchev–Trinajstić information content (AvgIpc) is 2.67. The first-order valence-corrected chi connectivity index (χ1v) is 10.6. The van der Waals surface area contributed by atoms with Crippen molar-refractivity contribution in [3.8, 4) is 0 Å². The summed E-state index contributed by atoms with van der Waals surface area (Å²) >= 11 is 10.6. The first-order valence-electron chi connectivity index (χ1n) is 8.56. The number of hydrogen-bond acceptors (Lipinski definition) is 5. The zero-order chi connectivity index (χ0) is 20.3. The average molecular weight is 482 g/mol. The number of halogens is 2. The van der Waals surface area contributed by atoms with Gasteiger partial charge in [0.05, 0.1) is 29.3 Å². The summed E-state index contributed by atoms with van der Waals surface area (Å²) in [5, 5.41) is 1.07. The highest BCUT2D eigenvalue weighted by atomic mass is 79.9. The van der Waals surface area contributed by atoms with Gasteiger partial charge in [0.25, 0.3) is 5.56 Å². The van der Waals surface area contributed by atoms with Gasteiger partial charge in [0, 0.05) is 22.2 Å². The number of rotatable bonds is 7. The Labute approximate surface area is 180 Å². The lowest BCUT2D eigenvalue weighted by Gasteiger charge is -2.16. The van der Waals surface area contributed by atoms with Crippen molar-refractivity contribution in [1.29, 1.82) is 0 Å². The van der Waals surface area contributed by atoms with E-state index in [0.717, 1.165) is 4.47 Å². The van der Waals surface area contributed by atoms with Crippen LogP contribution in [-0.4, -0.2) is 34.3 Å². The molecule has 0 aliphatic rings. The third-order valence-corrected chi connectivity index (χ3v) is 5.98. The van der Waals surface area contributed by atoms with Gasteiger partial charge in [-0.1, -0.05) is 51.4 Å². The van der Waals surface area contributed by atoms with E-state index in [4.69, 9.17) is 16.3 Å². The van der Waals surface area contributed by atoms with Gasteiger partial charge in [-0.15, -0.1) is 0 Å². The molecule has 0 saturated carbocycles. The third kappa shape index (κ3) is 4.66. The van der Waals surface area contributed by atoms with E-state index in [1.54, 1.807) is 55.0 Å². The third-order valence-electron chi connectivity index (χ3n) is 4.16. The molecule has 0 radical (unpaired) electrons. The first-order chi connectivity index (χ1) is 13.4. The van der Waals surface area contributed by atoms with Crippen molar-refractivity contribution in [2.45, 2.75) is 23.9 Å². The predicted octanol–water partition coefficient (Wildman–Crippen LogP) is 4.82. The summed E-state index contributed by atoms with van der Waals surface area (Å²) < 4.78 is 7.51. The molecule has 0 unspecified atom stereocenters. The molecule has 0 aliphatic heterocycles. The smallest absolute Gasteiger partial charge is 0.262 e. The van der Waals surface area contributed by atoms with Gasteiger partial charge in [0.2, 0.25) is 0 Å². The molecule has 0 spiro atoms. The monoisotopic (exact) mass is 480 g/mol. The second-order valence-corrected chi connectivity index (χ2v) is 8.80. The van der Waals surface area contributed by atoms with Crippen molar-refractivity contribution in [3.05, 3.63) is 67.9 Å². The SMILES string of the molecule is COCCn1c(S[C@@H](C)C(=O)c2cccc(Cl)c2)nc2ccc(Br)cc2c1=O. The maximum absolute atomic E-state index is 13.0. The van der Waals surface area contributed by atoms with Gasteiger partial charge in [-0.3, -0.25) is 14.2 Å². The van der Waals surface area contributed by atoms with Gasteiger partial charge in [-0.2, -0.15) is 0 Å². The number of fused-ring (bicyclic) bond motifs is 1. The fourth-order valence-corrected chi connectivity index (χ4v) is 4.29. The Kier molecular flexibility index (Phi) is 6.93. The van der Waals surface area contributed by atoms with Gasteiger partial charge >= 0.3 is 0 Å². The quantitative estimate of drug-likeness (QED) is 0.275. The number of hydrogen-bond donors (Lipinski definition) is 0. The number of Topliss-reactive ketones (excluding diaryl/α,β-unsaturated/α-hetero) is 1. The zero-order valence-electron chi connectivity index (χ0n) is 15.3. The summed E-state index contributed by atoms with van der Waals surface area (Å²) in [6, 6.07) is 12.2. The summed E-state index contributed by atoms with van der Waals surface area (Å²) in [6.45, 7) is 2.52. The minimum absolute atomic E-state index is 0.0732. The van der Waals surface area contributed by atoms with E-state index in [1.807, 2.05) is 6.07 Å². The lowest BCUT2D eigenvalue weighted by atomic mass is 10.1. The van der Waals surface area contributed by atoms with E-state index in [1.165, 1.54) is 11.8 Å². The van der Waals surface area contributed by atoms with Crippen LogP contribution in [0.25, 0.3) is 10.9 Å². The summed E-state index contributed by atoms with van der Waals surface area (Å²) in [5.41, 5.74) is 0.961. The molecule has 28 heavy (non-hydrogen) atoms. The fourth-order valence-electron chi connectivity index (χ4n) is 2.73. The van der Waals surface area contributed by atoms with Gasteiger partial charge < -0.3 is 4.74 Å². The number of carbonyl (C=O) groups is 1. The van der Waals surface area contributed by atoms with Crippen LogP contribution in [0.5, 0.6) is 0 Å². The summed E-state index contributed by atoms with van der Waals surface area (Å²) in [4.78, 5) is 30.4. The molecule has 3 aromatic rings. The normalized spacial score (nSPS) is 12.3. The molecule has 0 aliphatic carbocycles. The lowest BCUT2D eigenvalue weighted by molar-refractivity contribution is 0.0994. The number of thioether (sulfide) groups is 1. The molecule has 1 atom stereocenters. The van der Waals surface area contributed by atoms with Gasteiger partial charge in [-0.05, 0) is 37.3 Å². The molecule has 1 aromatic heterocycles. The Morgan fingerprint density at radius 2 is 2.11 bits per heavy atom. The highest BCUT2D eigenvalue weighted by Crippen LogP contribution is 2.26. The number of ether oxygens (including phenoxy) is 1. The maximum Gasteiger partial charge on any atom is 0.262 e. The van der Waals surface area contributed by atoms with Crippen molar-refractivity contribution in [1.82, 2.24) is 9.55 Å². The van der Waals surface area contributed by atoms with Crippen molar-refractivity contribution < 1.29 is 9.53 Å². The van der Waals surface area contributed by atoms with Crippen molar-refractivity contribution in [2.24, 2.45) is 0 Å². The highest BCUT2D eigenvalue weighted by Gasteiger charge is 2.21. The number of nitrogens with zero attached hydrogens (tertiary/aromatic N) is 2. The Morgan fingerprint density at radius 1 is 1.32 bits per heavy atom. The minimum Gasteiger partial charge on any atom is -0.383 e. The van der Waals surface area contributed by atoms with Gasteiger partial charge in [0.15, 0.2) is 10.9 Å². The second-order valence-electron chi connectivity index (χ2n) is 6.14. The summed E-state index contributed by atoms with van der Waals surface area (Å²) in [7, 11) is 1.58. The van der Waals surface area contributed by atoms with Crippen LogP contribution in [0.1, 0.15) is 17.3 Å². The number of carbonyl (C=O) groups excluding carboxylic acids is 1. The van der Waals surface area contributed by atoms with Crippen molar-refractivity contribution in [2.75, 3.05) is 13.7 Å². The second kappa shape index (κ2) is 9.22. The van der Waals surface area contributed by atoms with Crippen LogP contribution in [0.15, 0.2) is 56.9 Å². The lowest BCUT2D eigenvalue weighted by Crippen LogP contribution is -2.26. The number of ketones is 1. The van der Waals surface area contributed by atoms with Crippen LogP contribution >= 0.6 is 39.3 Å². The Balaban J connectivity index is 1.99. The molecule has 0 amide bonds. The molecule has 0 N–H and O–H groups in total. The number of aromatic nitrogens is 2. The Hall–Kier alpha value is -1.67. The van der Waals surface area contributed by atoms with Crippen LogP contribution < -0.4 is 5.56 Å². The van der Waals surface area contributed by atoms with E-state index in [2.05, 4.69) is 20.9 Å². The largest absolute Gasteiger partial charge is 0.383 e. The minimum atomic E-state index is -0.438. The zero-order valence-corrected chi connectivity index (χ0v) is 18.5. The molecule has 0 saturated heterocycles. The van der Waals surface area contributed by atoms with E-state index in [-0.39, 0.29) is 11.3 Å². The van der Waals surface area contributed by atoms with Gasteiger partial charge in [-0.25, -0.2) is 4.98 Å². The van der Waals surface area contributed by atoms with Crippen LogP contribution in [0, 0.1) is 0 Å². The van der Waals surface area contributed by atoms with Crippen LogP contribution in [0.4, 0.5) is 0 Å². The van der Waals surface area contributed by atoms with E-state index in [0.29, 0.717) is 39.8 Å². The van der Waals surface area contributed by atoms with Crippen LogP contribution in [-0.2, 0) is 11.3 Å². The van der Waals surface area contributed by atoms with E-state index < -0.39 is 5.25 Å². The fraction of sp³-hybridized carbons (Fsp3) is 0.250. The van der Waals surface area contributed by atoms with Crippen molar-refractivity contribution >= 4 is 56.0 Å². The Morgan fingerprint density at radius 3 is 2.82 bits per heavy atom. The molecular formula is C20H18BrClN2O3S. The van der Waals surface area contributed by atoms with Crippen LogP contribution in [0.3, 0.4) is 0 Å². The molecular weight excluding hydrogens is 464 g/mol. The Bertz CT molecular complexity index is 1090. The number of benzene rings is 2. The van der Waals surface area contributed by atoms with Gasteiger partial charge in [0.1, 0.15) is 0 Å². The molecule has 8 heteroatoms. The maximum atomic E-state index is 13.0. The van der Waals surface area contributed by atoms with E-state index in [9.17, 15) is 9.59 Å². The molecule has 3 rings (SSSR count). The number of methoxy groups -OCH3 is 1. The molecule has 5 nitrogen and oxygen atoms in total. The molecule has 1 heterocycles. The predicted molar refractivity (Wildman–Crippen MR) is 117 cm³/mol. The van der Waals surface area contributed by atoms with Crippen LogP contribution in [0.2, 0.25) is 5.02 Å². The topological polar surface area (TPSA) is 61.2 Å². The molecule has 0 fully saturated rings. The molecule has 0 bridgehead atoms. The summed E-state index contributed by atoms with van der Waals surface area (Å²) in [6.07, 6.45) is 0. The first kappa shape index (κ1) is 21.0. The van der Waals surface area contributed by atoms with Crippen molar-refractivity contribution in [3.63, 3.8) is 0 Å². The standard InChI is InChI=1S/C20H18BrClN2O3S/c1-12(18(25)13-4-3-5-15(22)10-13)28-20-23-17-7-6-14(21)11-16(17)19(26)24(20)8-9-27-2/h3-7,10-12H,8-9H2,1-2H3/t12-/m0/s1. The molecule has 146 valence electrons. The van der Waals surface area contributed by atoms with E-state index >= 15 is 0 Å². The highest BCUT2D eigenvalue weighted by molar-refractivity contribution is 9.10. The summed E-state index contributed by atoms with van der Waals surface area (Å²) in [5.74, 6) is -0.0732.